The van der Waals surface area contributed by atoms with E-state index in [1.165, 1.54) is 6.20 Å². The summed E-state index contributed by atoms with van der Waals surface area (Å²) in [5.41, 5.74) is 2.61. The molecule has 11 heteroatoms. The zero-order valence-corrected chi connectivity index (χ0v) is 19.2. The lowest BCUT2D eigenvalue weighted by Crippen LogP contribution is -2.27. The van der Waals surface area contributed by atoms with Gasteiger partial charge in [-0.15, -0.1) is 0 Å². The van der Waals surface area contributed by atoms with Gasteiger partial charge in [0, 0.05) is 49.7 Å². The highest BCUT2D eigenvalue weighted by Crippen LogP contribution is 2.34. The number of carbonyl (C=O) groups is 2. The molecule has 1 atom stereocenters. The van der Waals surface area contributed by atoms with Gasteiger partial charge in [-0.05, 0) is 31.5 Å². The van der Waals surface area contributed by atoms with Crippen LogP contribution >= 0.6 is 0 Å². The number of carbonyl (C=O) groups excluding carboxylic acids is 2. The van der Waals surface area contributed by atoms with E-state index in [0.29, 0.717) is 35.5 Å². The van der Waals surface area contributed by atoms with Crippen LogP contribution in [0.2, 0.25) is 0 Å². The Morgan fingerprint density at radius 2 is 1.97 bits per heavy atom. The molecule has 0 saturated carbocycles. The second-order valence-corrected chi connectivity index (χ2v) is 6.91. The molecule has 0 aliphatic carbocycles. The zero-order chi connectivity index (χ0) is 25.2. The fourth-order valence-corrected chi connectivity index (χ4v) is 3.07. The first-order valence-electron chi connectivity index (χ1n) is 10.1. The highest BCUT2D eigenvalue weighted by Gasteiger charge is 2.34. The summed E-state index contributed by atoms with van der Waals surface area (Å²) in [4.78, 5) is 31.8. The molecule has 2 aromatic heterocycles. The minimum absolute atomic E-state index is 0.0685. The number of halogens is 3. The van der Waals surface area contributed by atoms with Gasteiger partial charge in [-0.3, -0.25) is 4.79 Å². The van der Waals surface area contributed by atoms with Crippen molar-refractivity contribution in [3.8, 4) is 5.88 Å². The number of anilines is 1. The summed E-state index contributed by atoms with van der Waals surface area (Å²) in [5.74, 6) is 0.466. The topological polar surface area (TPSA) is 105 Å². The number of aldehydes is 1. The number of ether oxygens (including phenoxy) is 1. The number of nitrogens with zero attached hydrogens (tertiary/aromatic N) is 3. The average Bonchev–Trinajstić information content (AvgIpc) is 3.15. The van der Waals surface area contributed by atoms with E-state index in [9.17, 15) is 22.8 Å². The van der Waals surface area contributed by atoms with E-state index in [2.05, 4.69) is 15.3 Å². The Morgan fingerprint density at radius 1 is 1.33 bits per heavy atom. The van der Waals surface area contributed by atoms with Crippen LogP contribution in [0.1, 0.15) is 53.4 Å². The molecule has 182 valence electrons. The summed E-state index contributed by atoms with van der Waals surface area (Å²) in [6.45, 7) is 4.29. The number of hydrogen-bond acceptors (Lipinski definition) is 7. The molecule has 2 aromatic rings. The minimum atomic E-state index is -4.42. The van der Waals surface area contributed by atoms with Gasteiger partial charge in [0.1, 0.15) is 12.1 Å². The van der Waals surface area contributed by atoms with Crippen LogP contribution in [-0.4, -0.2) is 59.1 Å². The van der Waals surface area contributed by atoms with E-state index in [4.69, 9.17) is 9.84 Å². The Labute approximate surface area is 190 Å². The van der Waals surface area contributed by atoms with Crippen molar-refractivity contribution >= 4 is 18.0 Å². The number of nitrogens with one attached hydrogen (secondary N) is 1. The molecule has 0 aromatic carbocycles. The molecule has 0 spiro atoms. The van der Waals surface area contributed by atoms with Gasteiger partial charge in [0.25, 0.3) is 5.91 Å². The van der Waals surface area contributed by atoms with Crippen molar-refractivity contribution in [2.45, 2.75) is 46.0 Å². The molecule has 33 heavy (non-hydrogen) atoms. The first kappa shape index (κ1) is 27.8. The van der Waals surface area contributed by atoms with E-state index in [-0.39, 0.29) is 17.8 Å². The second kappa shape index (κ2) is 12.7. The van der Waals surface area contributed by atoms with Gasteiger partial charge in [0.15, 0.2) is 6.61 Å². The van der Waals surface area contributed by atoms with E-state index >= 15 is 0 Å². The first-order chi connectivity index (χ1) is 15.6. The van der Waals surface area contributed by atoms with E-state index in [1.54, 1.807) is 37.2 Å². The standard InChI is InChI=1S/C18H19F3N4O2.C3H6O.CH4O/c1-10-6-12(7-24-16(10)27-9-18(19,20)21)11(2)25-8-14-13(17(25)26)4-5-23-15(14)22-3;1-2-3-4;1-2/h4-7,11H,8-9H2,1-3H3,(H,22,23);3H,2H2,1H3;2H,1H3. The van der Waals surface area contributed by atoms with Gasteiger partial charge < -0.3 is 24.9 Å². The highest BCUT2D eigenvalue weighted by atomic mass is 19.4. The van der Waals surface area contributed by atoms with Crippen LogP contribution in [0.5, 0.6) is 5.88 Å². The molecule has 2 N–H and O–H groups in total. The van der Waals surface area contributed by atoms with Crippen molar-refractivity contribution in [3.05, 3.63) is 46.8 Å². The largest absolute Gasteiger partial charge is 0.468 e. The van der Waals surface area contributed by atoms with Gasteiger partial charge in [-0.25, -0.2) is 9.97 Å². The number of aliphatic hydroxyl groups is 1. The molecule has 0 radical (unpaired) electrons. The SMILES string of the molecule is CCC=O.CNc1nccc2c1CN(C(C)c1cnc(OCC(F)(F)F)c(C)c1)C2=O.CO. The number of pyridine rings is 2. The third-order valence-electron chi connectivity index (χ3n) is 4.65. The van der Waals surface area contributed by atoms with Crippen molar-refractivity contribution in [1.29, 1.82) is 0 Å². The number of rotatable bonds is 6. The molecule has 1 unspecified atom stereocenters. The fourth-order valence-electron chi connectivity index (χ4n) is 3.07. The van der Waals surface area contributed by atoms with Crippen LogP contribution in [0.3, 0.4) is 0 Å². The van der Waals surface area contributed by atoms with E-state index < -0.39 is 12.8 Å². The molecule has 0 bridgehead atoms. The normalized spacial score (nSPS) is 13.1. The number of alkyl halides is 3. The van der Waals surface area contributed by atoms with Crippen molar-refractivity contribution in [2.24, 2.45) is 0 Å². The number of hydrogen-bond donors (Lipinski definition) is 2. The lowest BCUT2D eigenvalue weighted by molar-refractivity contribution is -0.154. The molecule has 0 fully saturated rings. The van der Waals surface area contributed by atoms with Gasteiger partial charge in [0.2, 0.25) is 5.88 Å². The van der Waals surface area contributed by atoms with Crippen LogP contribution in [-0.2, 0) is 11.3 Å². The predicted molar refractivity (Wildman–Crippen MR) is 117 cm³/mol. The molecule has 1 amide bonds. The van der Waals surface area contributed by atoms with Crippen LogP contribution in [0.4, 0.5) is 19.0 Å². The predicted octanol–water partition coefficient (Wildman–Crippen LogP) is 3.69. The number of aromatic nitrogens is 2. The van der Waals surface area contributed by atoms with Gasteiger partial charge >= 0.3 is 6.18 Å². The number of aliphatic hydroxyl groups excluding tert-OH is 1. The monoisotopic (exact) mass is 470 g/mol. The summed E-state index contributed by atoms with van der Waals surface area (Å²) in [6, 6.07) is 3.07. The van der Waals surface area contributed by atoms with E-state index in [0.717, 1.165) is 19.0 Å². The lowest BCUT2D eigenvalue weighted by atomic mass is 10.1. The van der Waals surface area contributed by atoms with Crippen molar-refractivity contribution < 1.29 is 32.6 Å². The summed E-state index contributed by atoms with van der Waals surface area (Å²) >= 11 is 0. The molecular formula is C22H29F3N4O4. The molecular weight excluding hydrogens is 441 g/mol. The minimum Gasteiger partial charge on any atom is -0.468 e. The van der Waals surface area contributed by atoms with E-state index in [1.807, 2.05) is 13.8 Å². The van der Waals surface area contributed by atoms with Crippen LogP contribution in [0.15, 0.2) is 24.5 Å². The van der Waals surface area contributed by atoms with Crippen molar-refractivity contribution in [3.63, 3.8) is 0 Å². The molecule has 8 nitrogen and oxygen atoms in total. The molecule has 0 saturated heterocycles. The number of amides is 1. The quantitative estimate of drug-likeness (QED) is 0.621. The Bertz CT molecular complexity index is 938. The average molecular weight is 470 g/mol. The smallest absolute Gasteiger partial charge is 0.422 e. The lowest BCUT2D eigenvalue weighted by Gasteiger charge is -2.25. The maximum atomic E-state index is 12.7. The Hall–Kier alpha value is -3.21. The molecule has 1 aliphatic heterocycles. The van der Waals surface area contributed by atoms with Gasteiger partial charge in [-0.1, -0.05) is 6.92 Å². The molecule has 3 rings (SSSR count). The van der Waals surface area contributed by atoms with Gasteiger partial charge in [0.05, 0.1) is 12.6 Å². The highest BCUT2D eigenvalue weighted by molar-refractivity contribution is 5.99. The van der Waals surface area contributed by atoms with Crippen LogP contribution < -0.4 is 10.1 Å². The Balaban J connectivity index is 0.000000820. The summed E-state index contributed by atoms with van der Waals surface area (Å²) < 4.78 is 41.7. The zero-order valence-electron chi connectivity index (χ0n) is 19.2. The molecule has 1 aliphatic rings. The van der Waals surface area contributed by atoms with Crippen molar-refractivity contribution in [1.82, 2.24) is 14.9 Å². The summed E-state index contributed by atoms with van der Waals surface area (Å²) in [6.07, 6.45) is 0.110. The summed E-state index contributed by atoms with van der Waals surface area (Å²) in [5, 5.41) is 9.98. The van der Waals surface area contributed by atoms with Crippen LogP contribution in [0, 0.1) is 6.92 Å². The maximum absolute atomic E-state index is 12.7. The maximum Gasteiger partial charge on any atom is 0.422 e. The molecule has 3 heterocycles. The third kappa shape index (κ3) is 7.41. The van der Waals surface area contributed by atoms with Crippen molar-refractivity contribution in [2.75, 3.05) is 26.1 Å². The number of fused-ring (bicyclic) bond motifs is 1. The Morgan fingerprint density at radius 3 is 2.48 bits per heavy atom. The fraction of sp³-hybridized carbons (Fsp3) is 0.455. The third-order valence-corrected chi connectivity index (χ3v) is 4.65. The Kier molecular flexibility index (Phi) is 10.7. The number of aryl methyl sites for hydroxylation is 1. The second-order valence-electron chi connectivity index (χ2n) is 6.91. The summed E-state index contributed by atoms with van der Waals surface area (Å²) in [7, 11) is 2.74. The van der Waals surface area contributed by atoms with Gasteiger partial charge in [-0.2, -0.15) is 13.2 Å². The van der Waals surface area contributed by atoms with Crippen LogP contribution in [0.25, 0.3) is 0 Å². The first-order valence-corrected chi connectivity index (χ1v) is 10.1.